The first-order chi connectivity index (χ1) is 20.5. The van der Waals surface area contributed by atoms with Gasteiger partial charge in [-0.05, 0) is 94.9 Å². The summed E-state index contributed by atoms with van der Waals surface area (Å²) in [6.07, 6.45) is 1.69. The van der Waals surface area contributed by atoms with Crippen molar-refractivity contribution in [2.45, 2.75) is 53.2 Å². The second-order valence-electron chi connectivity index (χ2n) is 10.9. The monoisotopic (exact) mass is 592 g/mol. The fourth-order valence-corrected chi connectivity index (χ4v) is 4.19. The Bertz CT molecular complexity index is 1360. The van der Waals surface area contributed by atoms with Crippen LogP contribution in [0, 0.1) is 5.82 Å². The van der Waals surface area contributed by atoms with Crippen molar-refractivity contribution in [3.8, 4) is 0 Å². The van der Waals surface area contributed by atoms with Crippen molar-refractivity contribution in [3.05, 3.63) is 83.9 Å². The molecule has 43 heavy (non-hydrogen) atoms. The first-order valence-electron chi connectivity index (χ1n) is 14.4. The van der Waals surface area contributed by atoms with Crippen LogP contribution in [0.25, 0.3) is 0 Å². The minimum atomic E-state index is -0.670. The van der Waals surface area contributed by atoms with E-state index in [9.17, 15) is 18.8 Å². The predicted molar refractivity (Wildman–Crippen MR) is 167 cm³/mol. The van der Waals surface area contributed by atoms with Crippen LogP contribution in [0.15, 0.2) is 66.9 Å². The molecule has 0 saturated carbocycles. The zero-order chi connectivity index (χ0) is 31.4. The Morgan fingerprint density at radius 3 is 2.09 bits per heavy atom. The van der Waals surface area contributed by atoms with E-state index in [1.807, 2.05) is 0 Å². The van der Waals surface area contributed by atoms with Gasteiger partial charge in [-0.15, -0.1) is 0 Å². The molecule has 0 aliphatic carbocycles. The minimum absolute atomic E-state index is 0.166. The van der Waals surface area contributed by atoms with Gasteiger partial charge >= 0.3 is 12.1 Å². The number of hydrogen-bond acceptors (Lipinski definition) is 6. The number of nitrogens with one attached hydrogen (secondary N) is 3. The van der Waals surface area contributed by atoms with Gasteiger partial charge in [-0.1, -0.05) is 32.0 Å². The van der Waals surface area contributed by atoms with E-state index in [0.29, 0.717) is 23.6 Å². The molecular weight excluding hydrogens is 551 g/mol. The maximum atomic E-state index is 13.3. The lowest BCUT2D eigenvalue weighted by atomic mass is 10.2. The molecule has 0 unspecified atom stereocenters. The highest BCUT2D eigenvalue weighted by molar-refractivity contribution is 6.05. The number of anilines is 3. The second kappa shape index (κ2) is 15.6. The van der Waals surface area contributed by atoms with E-state index in [4.69, 9.17) is 4.74 Å². The quantitative estimate of drug-likeness (QED) is 0.219. The van der Waals surface area contributed by atoms with Crippen LogP contribution >= 0.6 is 0 Å². The molecule has 0 aliphatic heterocycles. The molecule has 2 aromatic carbocycles. The summed E-state index contributed by atoms with van der Waals surface area (Å²) in [5, 5.41) is 8.26. The average molecular weight is 593 g/mol. The molecule has 0 spiro atoms. The second-order valence-corrected chi connectivity index (χ2v) is 10.9. The summed E-state index contributed by atoms with van der Waals surface area (Å²) >= 11 is 0. The minimum Gasteiger partial charge on any atom is -0.444 e. The van der Waals surface area contributed by atoms with Gasteiger partial charge in [-0.2, -0.15) is 0 Å². The van der Waals surface area contributed by atoms with Crippen molar-refractivity contribution in [2.75, 3.05) is 42.1 Å². The summed E-state index contributed by atoms with van der Waals surface area (Å²) in [5.41, 5.74) is 1.50. The molecule has 3 N–H and O–H groups in total. The predicted octanol–water partition coefficient (Wildman–Crippen LogP) is 6.59. The molecule has 0 bridgehead atoms. The number of carbonyl (C=O) groups excluding carboxylic acids is 3. The lowest BCUT2D eigenvalue weighted by Crippen LogP contribution is -2.37. The fraction of sp³-hybridized carbons (Fsp3) is 0.375. The summed E-state index contributed by atoms with van der Waals surface area (Å²) in [7, 11) is 0. The number of rotatable bonds is 12. The number of amides is 4. The van der Waals surface area contributed by atoms with Gasteiger partial charge in [0.15, 0.2) is 0 Å². The smallest absolute Gasteiger partial charge is 0.412 e. The van der Waals surface area contributed by atoms with Gasteiger partial charge in [0, 0.05) is 25.0 Å². The third kappa shape index (κ3) is 11.0. The van der Waals surface area contributed by atoms with E-state index < -0.39 is 17.6 Å². The summed E-state index contributed by atoms with van der Waals surface area (Å²) < 4.78 is 18.6. The van der Waals surface area contributed by atoms with Crippen molar-refractivity contribution in [3.63, 3.8) is 0 Å². The van der Waals surface area contributed by atoms with Crippen LogP contribution in [0.3, 0.4) is 0 Å². The van der Waals surface area contributed by atoms with Crippen molar-refractivity contribution in [1.29, 1.82) is 0 Å². The van der Waals surface area contributed by atoms with Crippen LogP contribution in [-0.4, -0.2) is 64.6 Å². The largest absolute Gasteiger partial charge is 0.444 e. The fourth-order valence-electron chi connectivity index (χ4n) is 4.19. The summed E-state index contributed by atoms with van der Waals surface area (Å²) in [5.74, 6) is -0.845. The molecule has 1 aromatic heterocycles. The Labute approximate surface area is 252 Å². The molecule has 3 aromatic rings. The van der Waals surface area contributed by atoms with E-state index in [2.05, 4.69) is 39.7 Å². The molecule has 4 amide bonds. The number of benzene rings is 2. The van der Waals surface area contributed by atoms with Gasteiger partial charge in [-0.25, -0.2) is 14.0 Å². The maximum absolute atomic E-state index is 13.3. The molecule has 11 heteroatoms. The molecule has 0 atom stereocenters. The Kier molecular flexibility index (Phi) is 12.0. The van der Waals surface area contributed by atoms with Gasteiger partial charge < -0.3 is 25.2 Å². The third-order valence-electron chi connectivity index (χ3n) is 6.42. The van der Waals surface area contributed by atoms with Crippen LogP contribution in [0.1, 0.15) is 57.1 Å². The highest BCUT2D eigenvalue weighted by atomic mass is 19.1. The average Bonchev–Trinajstić information content (AvgIpc) is 2.96. The Hall–Kier alpha value is -4.51. The van der Waals surface area contributed by atoms with Crippen molar-refractivity contribution in [1.82, 2.24) is 14.8 Å². The van der Waals surface area contributed by atoms with Gasteiger partial charge in [0.25, 0.3) is 5.91 Å². The van der Waals surface area contributed by atoms with Crippen LogP contribution in [0.4, 0.5) is 31.0 Å². The summed E-state index contributed by atoms with van der Waals surface area (Å²) in [6.45, 7) is 12.9. The molecular formula is C32H41FN6O4. The zero-order valence-corrected chi connectivity index (χ0v) is 25.4. The lowest BCUT2D eigenvalue weighted by molar-refractivity contribution is 0.0635. The Morgan fingerprint density at radius 1 is 0.860 bits per heavy atom. The van der Waals surface area contributed by atoms with Gasteiger partial charge in [0.2, 0.25) is 0 Å². The number of hydrogen-bond donors (Lipinski definition) is 3. The Balaban J connectivity index is 1.68. The van der Waals surface area contributed by atoms with E-state index in [1.54, 1.807) is 68.3 Å². The first-order valence-corrected chi connectivity index (χ1v) is 14.4. The number of urea groups is 1. The van der Waals surface area contributed by atoms with Crippen LogP contribution in [-0.2, 0) is 11.3 Å². The third-order valence-corrected chi connectivity index (χ3v) is 6.42. The van der Waals surface area contributed by atoms with Crippen molar-refractivity contribution >= 4 is 35.1 Å². The number of aromatic nitrogens is 1. The molecule has 0 fully saturated rings. The number of ether oxygens (including phenoxy) is 1. The van der Waals surface area contributed by atoms with E-state index in [1.165, 1.54) is 24.3 Å². The highest BCUT2D eigenvalue weighted by Gasteiger charge is 2.19. The van der Waals surface area contributed by atoms with E-state index in [-0.39, 0.29) is 24.1 Å². The number of halogens is 1. The van der Waals surface area contributed by atoms with Crippen molar-refractivity contribution < 1.29 is 23.5 Å². The summed E-state index contributed by atoms with van der Waals surface area (Å²) in [4.78, 5) is 46.7. The van der Waals surface area contributed by atoms with Gasteiger partial charge in [0.05, 0.1) is 11.4 Å². The van der Waals surface area contributed by atoms with Crippen LogP contribution in [0.5, 0.6) is 0 Å². The molecule has 230 valence electrons. The van der Waals surface area contributed by atoms with Gasteiger partial charge in [-0.3, -0.25) is 15.1 Å². The highest BCUT2D eigenvalue weighted by Crippen LogP contribution is 2.23. The van der Waals surface area contributed by atoms with E-state index >= 15 is 0 Å². The standard InChI is InChI=1S/C32H41FN6O4/c1-6-38(7-2)19-10-20-39(30(41)35-25-16-14-24(33)15-17-25)22-23-13-18-28(34-21-23)29(40)36-26-11-8-9-12-27(26)37-31(42)43-32(3,4)5/h8-9,11-18,21H,6-7,10,19-20,22H2,1-5H3,(H,35,41)(H,36,40)(H,37,42). The van der Waals surface area contributed by atoms with Crippen molar-refractivity contribution in [2.24, 2.45) is 0 Å². The molecule has 0 radical (unpaired) electrons. The SMILES string of the molecule is CCN(CC)CCCN(Cc1ccc(C(=O)Nc2ccccc2NC(=O)OC(C)(C)C)nc1)C(=O)Nc1ccc(F)cc1. The summed E-state index contributed by atoms with van der Waals surface area (Å²) in [6, 6.07) is 15.4. The Morgan fingerprint density at radius 2 is 1.51 bits per heavy atom. The number of para-hydroxylation sites is 2. The molecule has 0 aliphatic rings. The van der Waals surface area contributed by atoms with Crippen LogP contribution in [0.2, 0.25) is 0 Å². The molecule has 1 heterocycles. The van der Waals surface area contributed by atoms with E-state index in [0.717, 1.165) is 31.6 Å². The maximum Gasteiger partial charge on any atom is 0.412 e. The van der Waals surface area contributed by atoms with Crippen LogP contribution < -0.4 is 16.0 Å². The topological polar surface area (TPSA) is 116 Å². The zero-order valence-electron chi connectivity index (χ0n) is 25.4. The van der Waals surface area contributed by atoms with Gasteiger partial charge in [0.1, 0.15) is 17.1 Å². The number of nitrogens with zero attached hydrogens (tertiary/aromatic N) is 3. The lowest BCUT2D eigenvalue weighted by Gasteiger charge is -2.25. The molecule has 10 nitrogen and oxygen atoms in total. The molecule has 3 rings (SSSR count). The number of pyridine rings is 1. The molecule has 0 saturated heterocycles. The first kappa shape index (κ1) is 33.0. The number of carbonyl (C=O) groups is 3. The normalized spacial score (nSPS) is 11.1.